The third-order valence-electron chi connectivity index (χ3n) is 5.25. The van der Waals surface area contributed by atoms with Crippen LogP contribution in [0.2, 0.25) is 0 Å². The van der Waals surface area contributed by atoms with E-state index in [1.54, 1.807) is 0 Å². The summed E-state index contributed by atoms with van der Waals surface area (Å²) in [6, 6.07) is 2.74. The summed E-state index contributed by atoms with van der Waals surface area (Å²) in [5, 5.41) is 5.01. The van der Waals surface area contributed by atoms with Gasteiger partial charge in [-0.3, -0.25) is 4.90 Å². The average molecular weight is 308 g/mol. The predicted octanol–water partition coefficient (Wildman–Crippen LogP) is 3.76. The zero-order valence-corrected chi connectivity index (χ0v) is 14.5. The van der Waals surface area contributed by atoms with Crippen molar-refractivity contribution in [1.82, 2.24) is 15.2 Å². The Morgan fingerprint density at radius 3 is 2.62 bits per heavy atom. The predicted molar refractivity (Wildman–Crippen MR) is 89.9 cm³/mol. The van der Waals surface area contributed by atoms with Crippen molar-refractivity contribution in [2.75, 3.05) is 6.54 Å². The number of aromatic nitrogens is 1. The van der Waals surface area contributed by atoms with Crippen molar-refractivity contribution in [3.63, 3.8) is 0 Å². The van der Waals surface area contributed by atoms with E-state index < -0.39 is 0 Å². The lowest BCUT2D eigenvalue weighted by Crippen LogP contribution is -2.56. The van der Waals surface area contributed by atoms with Crippen LogP contribution in [-0.4, -0.2) is 34.6 Å². The van der Waals surface area contributed by atoms with Gasteiger partial charge in [0.05, 0.1) is 6.04 Å². The zero-order chi connectivity index (χ0) is 14.8. The van der Waals surface area contributed by atoms with Gasteiger partial charge < -0.3 is 5.32 Å². The number of piperidine rings is 2. The Bertz CT molecular complexity index is 445. The van der Waals surface area contributed by atoms with Gasteiger partial charge in [0.25, 0.3) is 0 Å². The molecule has 0 saturated carbocycles. The maximum Gasteiger partial charge on any atom is 0.110 e. The molecule has 1 aromatic rings. The quantitative estimate of drug-likeness (QED) is 0.897. The molecule has 3 heterocycles. The van der Waals surface area contributed by atoms with Gasteiger partial charge in [0.1, 0.15) is 5.01 Å². The van der Waals surface area contributed by atoms with Gasteiger partial charge in [0.2, 0.25) is 0 Å². The molecule has 4 heteroatoms. The molecule has 118 valence electrons. The summed E-state index contributed by atoms with van der Waals surface area (Å²) >= 11 is 1.92. The van der Waals surface area contributed by atoms with E-state index >= 15 is 0 Å². The molecule has 2 bridgehead atoms. The number of hydrogen-bond donors (Lipinski definition) is 1. The molecule has 0 aromatic carbocycles. The van der Waals surface area contributed by atoms with Crippen LogP contribution in [0.15, 0.2) is 6.20 Å². The summed E-state index contributed by atoms with van der Waals surface area (Å²) in [6.07, 6.45) is 9.98. The lowest BCUT2D eigenvalue weighted by Gasteiger charge is -2.51. The molecule has 0 aliphatic carbocycles. The van der Waals surface area contributed by atoms with Crippen molar-refractivity contribution >= 4 is 11.3 Å². The van der Waals surface area contributed by atoms with E-state index in [-0.39, 0.29) is 0 Å². The van der Waals surface area contributed by atoms with Crippen LogP contribution >= 0.6 is 11.3 Å². The third kappa shape index (κ3) is 3.17. The SMILES string of the molecule is CCNC1CC2CCCC(C1)N2C(C)c1ncc(CC)s1. The highest BCUT2D eigenvalue weighted by Crippen LogP contribution is 2.40. The van der Waals surface area contributed by atoms with E-state index in [0.717, 1.165) is 31.1 Å². The Morgan fingerprint density at radius 2 is 2.05 bits per heavy atom. The van der Waals surface area contributed by atoms with Gasteiger partial charge in [-0.2, -0.15) is 0 Å². The van der Waals surface area contributed by atoms with Crippen LogP contribution in [-0.2, 0) is 6.42 Å². The molecule has 3 unspecified atom stereocenters. The Labute approximate surface area is 133 Å². The number of hydrogen-bond acceptors (Lipinski definition) is 4. The number of rotatable bonds is 5. The lowest BCUT2D eigenvalue weighted by molar-refractivity contribution is -0.00606. The Balaban J connectivity index is 1.75. The smallest absolute Gasteiger partial charge is 0.110 e. The second kappa shape index (κ2) is 6.76. The minimum absolute atomic E-state index is 0.494. The monoisotopic (exact) mass is 307 g/mol. The second-order valence-electron chi connectivity index (χ2n) is 6.61. The Morgan fingerprint density at radius 1 is 1.33 bits per heavy atom. The van der Waals surface area contributed by atoms with Crippen LogP contribution < -0.4 is 5.32 Å². The van der Waals surface area contributed by atoms with Crippen LogP contribution in [0.4, 0.5) is 0 Å². The molecular weight excluding hydrogens is 278 g/mol. The molecular formula is C17H29N3S. The highest BCUT2D eigenvalue weighted by molar-refractivity contribution is 7.11. The van der Waals surface area contributed by atoms with Crippen LogP contribution in [0.1, 0.15) is 68.8 Å². The Kier molecular flexibility index (Phi) is 4.97. The summed E-state index contributed by atoms with van der Waals surface area (Å²) in [7, 11) is 0. The van der Waals surface area contributed by atoms with Gasteiger partial charge in [-0.1, -0.05) is 20.3 Å². The first-order valence-corrected chi connectivity index (χ1v) is 9.50. The molecule has 3 atom stereocenters. The largest absolute Gasteiger partial charge is 0.314 e. The first-order chi connectivity index (χ1) is 10.2. The van der Waals surface area contributed by atoms with Crippen molar-refractivity contribution in [1.29, 1.82) is 0 Å². The van der Waals surface area contributed by atoms with Gasteiger partial charge in [-0.25, -0.2) is 4.98 Å². The molecule has 1 aromatic heterocycles. The molecule has 21 heavy (non-hydrogen) atoms. The molecule has 2 saturated heterocycles. The van der Waals surface area contributed by atoms with E-state index in [4.69, 9.17) is 4.98 Å². The molecule has 3 rings (SSSR count). The number of nitrogens with one attached hydrogen (secondary N) is 1. The topological polar surface area (TPSA) is 28.2 Å². The van der Waals surface area contributed by atoms with Crippen molar-refractivity contribution in [3.05, 3.63) is 16.1 Å². The summed E-state index contributed by atoms with van der Waals surface area (Å²) in [5.41, 5.74) is 0. The van der Waals surface area contributed by atoms with E-state index in [2.05, 4.69) is 37.2 Å². The first-order valence-electron chi connectivity index (χ1n) is 8.68. The van der Waals surface area contributed by atoms with Crippen LogP contribution in [0.25, 0.3) is 0 Å². The van der Waals surface area contributed by atoms with Crippen molar-refractivity contribution in [2.24, 2.45) is 0 Å². The zero-order valence-electron chi connectivity index (χ0n) is 13.6. The maximum atomic E-state index is 4.71. The van der Waals surface area contributed by atoms with E-state index in [1.165, 1.54) is 42.0 Å². The average Bonchev–Trinajstić information content (AvgIpc) is 2.95. The number of aryl methyl sites for hydroxylation is 1. The minimum Gasteiger partial charge on any atom is -0.314 e. The van der Waals surface area contributed by atoms with Crippen LogP contribution in [0.5, 0.6) is 0 Å². The number of thiazole rings is 1. The van der Waals surface area contributed by atoms with E-state index in [0.29, 0.717) is 6.04 Å². The molecule has 1 N–H and O–H groups in total. The third-order valence-corrected chi connectivity index (χ3v) is 6.56. The lowest BCUT2D eigenvalue weighted by atomic mass is 9.80. The normalized spacial score (nSPS) is 31.3. The number of nitrogens with zero attached hydrogens (tertiary/aromatic N) is 2. The van der Waals surface area contributed by atoms with E-state index in [9.17, 15) is 0 Å². The number of fused-ring (bicyclic) bond motifs is 2. The fourth-order valence-corrected chi connectivity index (χ4v) is 5.23. The van der Waals surface area contributed by atoms with Gasteiger partial charge in [0.15, 0.2) is 0 Å². The summed E-state index contributed by atoms with van der Waals surface area (Å²) < 4.78 is 0. The second-order valence-corrected chi connectivity index (χ2v) is 7.75. The molecule has 2 aliphatic heterocycles. The van der Waals surface area contributed by atoms with Crippen LogP contribution in [0, 0.1) is 0 Å². The molecule has 0 radical (unpaired) electrons. The van der Waals surface area contributed by atoms with Crippen LogP contribution in [0.3, 0.4) is 0 Å². The van der Waals surface area contributed by atoms with Crippen molar-refractivity contribution in [3.8, 4) is 0 Å². The van der Waals surface area contributed by atoms with Gasteiger partial charge in [-0.05, 0) is 45.6 Å². The highest BCUT2D eigenvalue weighted by atomic mass is 32.1. The fraction of sp³-hybridized carbons (Fsp3) is 0.824. The molecule has 0 amide bonds. The molecule has 0 spiro atoms. The van der Waals surface area contributed by atoms with Gasteiger partial charge in [-0.15, -0.1) is 11.3 Å². The summed E-state index contributed by atoms with van der Waals surface area (Å²) in [5.74, 6) is 0. The Hall–Kier alpha value is -0.450. The van der Waals surface area contributed by atoms with Gasteiger partial charge >= 0.3 is 0 Å². The fourth-order valence-electron chi connectivity index (χ4n) is 4.31. The van der Waals surface area contributed by atoms with Crippen molar-refractivity contribution < 1.29 is 0 Å². The molecule has 2 aliphatic rings. The molecule has 3 nitrogen and oxygen atoms in total. The maximum absolute atomic E-state index is 4.71. The summed E-state index contributed by atoms with van der Waals surface area (Å²) in [6.45, 7) is 7.92. The van der Waals surface area contributed by atoms with Crippen molar-refractivity contribution in [2.45, 2.75) is 83.5 Å². The molecule has 2 fully saturated rings. The minimum atomic E-state index is 0.494. The van der Waals surface area contributed by atoms with E-state index in [1.807, 2.05) is 11.3 Å². The van der Waals surface area contributed by atoms with Gasteiger partial charge in [0, 0.05) is 29.2 Å². The standard InChI is InChI=1S/C17H29N3S/c1-4-16-11-19-17(21-16)12(3)20-14-7-6-8-15(20)10-13(9-14)18-5-2/h11-15,18H,4-10H2,1-3H3. The first kappa shape index (κ1) is 15.4. The highest BCUT2D eigenvalue weighted by Gasteiger charge is 2.41. The summed E-state index contributed by atoms with van der Waals surface area (Å²) in [4.78, 5) is 8.93.